The van der Waals surface area contributed by atoms with Crippen molar-refractivity contribution in [3.8, 4) is 16.9 Å². The monoisotopic (exact) mass is 331 g/mol. The molecule has 1 N–H and O–H groups in total. The third-order valence-electron chi connectivity index (χ3n) is 3.93. The summed E-state index contributed by atoms with van der Waals surface area (Å²) >= 11 is 0. The Morgan fingerprint density at radius 1 is 0.880 bits per heavy atom. The Morgan fingerprint density at radius 2 is 1.56 bits per heavy atom. The van der Waals surface area contributed by atoms with Gasteiger partial charge < -0.3 is 10.1 Å². The Morgan fingerprint density at radius 3 is 2.24 bits per heavy atom. The minimum atomic E-state index is -0.574. The summed E-state index contributed by atoms with van der Waals surface area (Å²) in [5.41, 5.74) is 4.12. The van der Waals surface area contributed by atoms with Crippen LogP contribution in [-0.2, 0) is 4.79 Å². The van der Waals surface area contributed by atoms with Gasteiger partial charge in [0.1, 0.15) is 5.75 Å². The molecule has 0 radical (unpaired) electrons. The van der Waals surface area contributed by atoms with E-state index in [2.05, 4.69) is 17.4 Å². The fourth-order valence-corrected chi connectivity index (χ4v) is 2.57. The standard InChI is InChI=1S/C22H21NO2/c1-16-7-6-10-21(15-16)25-17(2)22(24)23-20-13-11-19(12-14-20)18-8-4-3-5-9-18/h3-15,17H,1-2H3,(H,23,24)/t17-/m1/s1. The second-order valence-corrected chi connectivity index (χ2v) is 6.01. The van der Waals surface area contributed by atoms with Crippen LogP contribution in [0.1, 0.15) is 12.5 Å². The summed E-state index contributed by atoms with van der Waals surface area (Å²) < 4.78 is 5.71. The van der Waals surface area contributed by atoms with E-state index in [0.29, 0.717) is 5.75 Å². The van der Waals surface area contributed by atoms with E-state index in [-0.39, 0.29) is 5.91 Å². The molecule has 1 amide bonds. The molecule has 0 bridgehead atoms. The highest BCUT2D eigenvalue weighted by atomic mass is 16.5. The largest absolute Gasteiger partial charge is 0.481 e. The van der Waals surface area contributed by atoms with Crippen LogP contribution in [-0.4, -0.2) is 12.0 Å². The Balaban J connectivity index is 1.62. The van der Waals surface area contributed by atoms with Crippen LogP contribution in [0.25, 0.3) is 11.1 Å². The first-order valence-electron chi connectivity index (χ1n) is 8.31. The normalized spacial score (nSPS) is 11.6. The molecule has 0 fully saturated rings. The van der Waals surface area contributed by atoms with Crippen LogP contribution in [0.4, 0.5) is 5.69 Å². The van der Waals surface area contributed by atoms with Gasteiger partial charge in [-0.1, -0.05) is 54.6 Å². The maximum Gasteiger partial charge on any atom is 0.265 e. The fourth-order valence-electron chi connectivity index (χ4n) is 2.57. The Hall–Kier alpha value is -3.07. The molecule has 3 heteroatoms. The number of rotatable bonds is 5. The first kappa shape index (κ1) is 16.8. The van der Waals surface area contributed by atoms with Gasteiger partial charge >= 0.3 is 0 Å². The molecule has 0 saturated heterocycles. The van der Waals surface area contributed by atoms with Crippen molar-refractivity contribution < 1.29 is 9.53 Å². The second-order valence-electron chi connectivity index (χ2n) is 6.01. The maximum absolute atomic E-state index is 12.3. The van der Waals surface area contributed by atoms with Crippen LogP contribution in [0.5, 0.6) is 5.75 Å². The molecular formula is C22H21NO2. The van der Waals surface area contributed by atoms with E-state index in [4.69, 9.17) is 4.74 Å². The van der Waals surface area contributed by atoms with Crippen LogP contribution < -0.4 is 10.1 Å². The van der Waals surface area contributed by atoms with Gasteiger partial charge in [-0.25, -0.2) is 0 Å². The molecule has 0 aromatic heterocycles. The first-order chi connectivity index (χ1) is 12.1. The van der Waals surface area contributed by atoms with Crippen molar-refractivity contribution in [1.82, 2.24) is 0 Å². The highest BCUT2D eigenvalue weighted by molar-refractivity contribution is 5.94. The molecule has 0 aliphatic carbocycles. The third kappa shape index (κ3) is 4.48. The number of carbonyl (C=O) groups excluding carboxylic acids is 1. The first-order valence-corrected chi connectivity index (χ1v) is 8.31. The van der Waals surface area contributed by atoms with Gasteiger partial charge in [0.05, 0.1) is 0 Å². The number of anilines is 1. The lowest BCUT2D eigenvalue weighted by atomic mass is 10.1. The van der Waals surface area contributed by atoms with Crippen molar-refractivity contribution in [3.05, 3.63) is 84.4 Å². The van der Waals surface area contributed by atoms with E-state index in [1.54, 1.807) is 6.92 Å². The van der Waals surface area contributed by atoms with Crippen LogP contribution in [0.3, 0.4) is 0 Å². The van der Waals surface area contributed by atoms with Crippen LogP contribution >= 0.6 is 0 Å². The number of ether oxygens (including phenoxy) is 1. The van der Waals surface area contributed by atoms with Gasteiger partial charge in [0.25, 0.3) is 5.91 Å². The van der Waals surface area contributed by atoms with Crippen molar-refractivity contribution in [2.24, 2.45) is 0 Å². The molecule has 0 heterocycles. The molecule has 126 valence electrons. The molecule has 1 atom stereocenters. The van der Waals surface area contributed by atoms with E-state index < -0.39 is 6.10 Å². The molecular weight excluding hydrogens is 310 g/mol. The average Bonchev–Trinajstić information content (AvgIpc) is 2.63. The van der Waals surface area contributed by atoms with Crippen LogP contribution in [0.2, 0.25) is 0 Å². The van der Waals surface area contributed by atoms with Gasteiger partial charge in [0.15, 0.2) is 6.10 Å². The zero-order valence-electron chi connectivity index (χ0n) is 14.4. The number of nitrogens with one attached hydrogen (secondary N) is 1. The van der Waals surface area contributed by atoms with Crippen LogP contribution in [0, 0.1) is 6.92 Å². The lowest BCUT2D eigenvalue weighted by Crippen LogP contribution is -2.30. The zero-order chi connectivity index (χ0) is 17.6. The van der Waals surface area contributed by atoms with E-state index in [1.165, 1.54) is 0 Å². The topological polar surface area (TPSA) is 38.3 Å². The summed E-state index contributed by atoms with van der Waals surface area (Å²) in [6.07, 6.45) is -0.574. The van der Waals surface area contributed by atoms with Gasteiger partial charge in [-0.15, -0.1) is 0 Å². The SMILES string of the molecule is Cc1cccc(O[C@H](C)C(=O)Nc2ccc(-c3ccccc3)cc2)c1. The Labute approximate surface area is 148 Å². The predicted octanol–water partition coefficient (Wildman–Crippen LogP) is 5.07. The molecule has 0 aliphatic heterocycles. The van der Waals surface area contributed by atoms with Crippen molar-refractivity contribution in [2.75, 3.05) is 5.32 Å². The van der Waals surface area contributed by atoms with E-state index in [1.807, 2.05) is 73.7 Å². The molecule has 3 nitrogen and oxygen atoms in total. The summed E-state index contributed by atoms with van der Waals surface area (Å²) in [4.78, 5) is 12.3. The lowest BCUT2D eigenvalue weighted by molar-refractivity contribution is -0.122. The van der Waals surface area contributed by atoms with Crippen molar-refractivity contribution >= 4 is 11.6 Å². The van der Waals surface area contributed by atoms with E-state index in [9.17, 15) is 4.79 Å². The minimum Gasteiger partial charge on any atom is -0.481 e. The summed E-state index contributed by atoms with van der Waals surface area (Å²) in [7, 11) is 0. The molecule has 0 spiro atoms. The Kier molecular flexibility index (Phi) is 5.14. The molecule has 0 unspecified atom stereocenters. The molecule has 3 rings (SSSR count). The lowest BCUT2D eigenvalue weighted by Gasteiger charge is -2.15. The molecule has 0 saturated carbocycles. The summed E-state index contributed by atoms with van der Waals surface area (Å²) in [6, 6.07) is 25.6. The van der Waals surface area contributed by atoms with Gasteiger partial charge in [-0.05, 0) is 54.8 Å². The number of hydrogen-bond acceptors (Lipinski definition) is 2. The van der Waals surface area contributed by atoms with E-state index >= 15 is 0 Å². The maximum atomic E-state index is 12.3. The molecule has 3 aromatic carbocycles. The Bertz CT molecular complexity index is 841. The fraction of sp³-hybridized carbons (Fsp3) is 0.136. The summed E-state index contributed by atoms with van der Waals surface area (Å²) in [6.45, 7) is 3.74. The van der Waals surface area contributed by atoms with Gasteiger partial charge in [-0.3, -0.25) is 4.79 Å². The number of hydrogen-bond donors (Lipinski definition) is 1. The number of carbonyl (C=O) groups is 1. The van der Waals surface area contributed by atoms with Crippen LogP contribution in [0.15, 0.2) is 78.9 Å². The molecule has 25 heavy (non-hydrogen) atoms. The van der Waals surface area contributed by atoms with Crippen molar-refractivity contribution in [3.63, 3.8) is 0 Å². The van der Waals surface area contributed by atoms with Gasteiger partial charge in [0.2, 0.25) is 0 Å². The predicted molar refractivity (Wildman–Crippen MR) is 102 cm³/mol. The van der Waals surface area contributed by atoms with Gasteiger partial charge in [-0.2, -0.15) is 0 Å². The quantitative estimate of drug-likeness (QED) is 0.709. The average molecular weight is 331 g/mol. The highest BCUT2D eigenvalue weighted by Crippen LogP contribution is 2.21. The number of amides is 1. The third-order valence-corrected chi connectivity index (χ3v) is 3.93. The molecule has 0 aliphatic rings. The van der Waals surface area contributed by atoms with Crippen molar-refractivity contribution in [1.29, 1.82) is 0 Å². The number of benzene rings is 3. The van der Waals surface area contributed by atoms with E-state index in [0.717, 1.165) is 22.4 Å². The highest BCUT2D eigenvalue weighted by Gasteiger charge is 2.15. The summed E-state index contributed by atoms with van der Waals surface area (Å²) in [5.74, 6) is 0.524. The number of aryl methyl sites for hydroxylation is 1. The zero-order valence-corrected chi connectivity index (χ0v) is 14.4. The molecule has 3 aromatic rings. The van der Waals surface area contributed by atoms with Gasteiger partial charge in [0, 0.05) is 5.69 Å². The smallest absolute Gasteiger partial charge is 0.265 e. The minimum absolute atomic E-state index is 0.172. The summed E-state index contributed by atoms with van der Waals surface area (Å²) in [5, 5.41) is 2.89. The second kappa shape index (κ2) is 7.67. The van der Waals surface area contributed by atoms with Crippen molar-refractivity contribution in [2.45, 2.75) is 20.0 Å².